The molecule has 10 nitrogen and oxygen atoms in total. The van der Waals surface area contributed by atoms with Crippen molar-refractivity contribution in [3.05, 3.63) is 35.9 Å². The van der Waals surface area contributed by atoms with E-state index < -0.39 is 23.9 Å². The van der Waals surface area contributed by atoms with Crippen LogP contribution >= 0.6 is 0 Å². The van der Waals surface area contributed by atoms with Gasteiger partial charge in [0.25, 0.3) is 0 Å². The minimum absolute atomic E-state index is 0.0311. The first-order valence-corrected chi connectivity index (χ1v) is 10.6. The molecule has 10 heteroatoms. The van der Waals surface area contributed by atoms with Gasteiger partial charge in [0.15, 0.2) is 5.96 Å². The summed E-state index contributed by atoms with van der Waals surface area (Å²) >= 11 is 0. The topological polar surface area (TPSA) is 178 Å². The van der Waals surface area contributed by atoms with Gasteiger partial charge in [0.2, 0.25) is 17.7 Å². The second-order valence-corrected chi connectivity index (χ2v) is 7.69. The molecule has 1 fully saturated rings. The van der Waals surface area contributed by atoms with Gasteiger partial charge in [0.1, 0.15) is 12.1 Å². The highest BCUT2D eigenvalue weighted by Gasteiger charge is 2.28. The molecular weight excluding hydrogens is 398 g/mol. The van der Waals surface area contributed by atoms with E-state index >= 15 is 0 Å². The Bertz CT molecular complexity index is 759. The molecule has 0 aliphatic carbocycles. The lowest BCUT2D eigenvalue weighted by Gasteiger charge is -2.26. The van der Waals surface area contributed by atoms with E-state index in [9.17, 15) is 14.4 Å². The van der Waals surface area contributed by atoms with Gasteiger partial charge in [-0.3, -0.25) is 19.4 Å². The van der Waals surface area contributed by atoms with Crippen molar-refractivity contribution in [2.24, 2.45) is 28.1 Å². The third kappa shape index (κ3) is 8.63. The van der Waals surface area contributed by atoms with Crippen molar-refractivity contribution < 1.29 is 14.4 Å². The van der Waals surface area contributed by atoms with Gasteiger partial charge in [-0.15, -0.1) is 0 Å². The normalized spacial score (nSPS) is 16.0. The fraction of sp³-hybridized carbons (Fsp3) is 0.524. The van der Waals surface area contributed by atoms with Crippen LogP contribution in [0.3, 0.4) is 0 Å². The maximum absolute atomic E-state index is 13.0. The van der Waals surface area contributed by atoms with E-state index in [1.165, 1.54) is 0 Å². The van der Waals surface area contributed by atoms with Crippen molar-refractivity contribution in [3.8, 4) is 0 Å². The molecule has 9 N–H and O–H groups in total. The van der Waals surface area contributed by atoms with Crippen molar-refractivity contribution in [3.63, 3.8) is 0 Å². The van der Waals surface area contributed by atoms with Crippen LogP contribution in [0.5, 0.6) is 0 Å². The number of rotatable bonds is 11. The minimum atomic E-state index is -0.883. The number of aliphatic imine (C=N–C) groups is 1. The molecule has 1 aliphatic heterocycles. The highest BCUT2D eigenvalue weighted by Crippen LogP contribution is 2.13. The number of carbonyl (C=O) groups excluding carboxylic acids is 3. The van der Waals surface area contributed by atoms with Crippen molar-refractivity contribution in [2.45, 2.75) is 44.2 Å². The Morgan fingerprint density at radius 3 is 2.32 bits per heavy atom. The third-order valence-corrected chi connectivity index (χ3v) is 5.23. The van der Waals surface area contributed by atoms with E-state index in [0.29, 0.717) is 32.2 Å². The van der Waals surface area contributed by atoms with E-state index in [4.69, 9.17) is 17.2 Å². The van der Waals surface area contributed by atoms with Crippen LogP contribution in [-0.2, 0) is 20.8 Å². The Labute approximate surface area is 182 Å². The summed E-state index contributed by atoms with van der Waals surface area (Å²) in [6, 6.07) is 7.58. The summed E-state index contributed by atoms with van der Waals surface area (Å²) in [5.74, 6) is -1.43. The SMILES string of the molecule is NC(=O)[C@H](Cc1ccccc1)NC(=O)[C@H](CCCN=C(N)N)NC(=O)C1CCNCC1. The molecule has 0 saturated carbocycles. The van der Waals surface area contributed by atoms with Crippen molar-refractivity contribution in [1.82, 2.24) is 16.0 Å². The van der Waals surface area contributed by atoms with E-state index in [2.05, 4.69) is 20.9 Å². The molecule has 2 rings (SSSR count). The van der Waals surface area contributed by atoms with Gasteiger partial charge in [-0.05, 0) is 44.3 Å². The predicted molar refractivity (Wildman–Crippen MR) is 119 cm³/mol. The molecule has 0 radical (unpaired) electrons. The van der Waals surface area contributed by atoms with Crippen LogP contribution in [0.2, 0.25) is 0 Å². The highest BCUT2D eigenvalue weighted by atomic mass is 16.2. The molecule has 170 valence electrons. The highest BCUT2D eigenvalue weighted by molar-refractivity contribution is 5.92. The monoisotopic (exact) mass is 431 g/mol. The average Bonchev–Trinajstić information content (AvgIpc) is 2.76. The van der Waals surface area contributed by atoms with Crippen molar-refractivity contribution >= 4 is 23.7 Å². The van der Waals surface area contributed by atoms with Crippen LogP contribution in [0, 0.1) is 5.92 Å². The zero-order valence-corrected chi connectivity index (χ0v) is 17.7. The Morgan fingerprint density at radius 2 is 1.71 bits per heavy atom. The number of nitrogens with zero attached hydrogens (tertiary/aromatic N) is 1. The van der Waals surface area contributed by atoms with Crippen LogP contribution in [-0.4, -0.2) is 55.4 Å². The van der Waals surface area contributed by atoms with E-state index in [1.807, 2.05) is 30.3 Å². The van der Waals surface area contributed by atoms with Gasteiger partial charge < -0.3 is 33.2 Å². The summed E-state index contributed by atoms with van der Waals surface area (Å²) in [5, 5.41) is 8.75. The molecule has 1 saturated heterocycles. The number of nitrogens with two attached hydrogens (primary N) is 3. The van der Waals surface area contributed by atoms with E-state index in [1.54, 1.807) is 0 Å². The maximum atomic E-state index is 13.0. The minimum Gasteiger partial charge on any atom is -0.370 e. The number of hydrogen-bond donors (Lipinski definition) is 6. The van der Waals surface area contributed by atoms with Crippen molar-refractivity contribution in [2.75, 3.05) is 19.6 Å². The molecular formula is C21H33N7O3. The summed E-state index contributed by atoms with van der Waals surface area (Å²) in [5.41, 5.74) is 17.1. The number of carbonyl (C=O) groups is 3. The average molecular weight is 432 g/mol. The van der Waals surface area contributed by atoms with Gasteiger partial charge in [-0.2, -0.15) is 0 Å². The number of piperidine rings is 1. The van der Waals surface area contributed by atoms with Crippen LogP contribution in [0.25, 0.3) is 0 Å². The summed E-state index contributed by atoms with van der Waals surface area (Å²) in [4.78, 5) is 41.5. The number of hydrogen-bond acceptors (Lipinski definition) is 5. The van der Waals surface area contributed by atoms with Crippen LogP contribution < -0.4 is 33.2 Å². The molecule has 1 aromatic rings. The second kappa shape index (κ2) is 12.5. The summed E-state index contributed by atoms with van der Waals surface area (Å²) in [6.07, 6.45) is 2.52. The Morgan fingerprint density at radius 1 is 1.03 bits per heavy atom. The summed E-state index contributed by atoms with van der Waals surface area (Å²) < 4.78 is 0. The van der Waals surface area contributed by atoms with Crippen LogP contribution in [0.15, 0.2) is 35.3 Å². The molecule has 0 aromatic heterocycles. The molecule has 31 heavy (non-hydrogen) atoms. The fourth-order valence-electron chi connectivity index (χ4n) is 3.49. The number of amides is 3. The van der Waals surface area contributed by atoms with Crippen LogP contribution in [0.4, 0.5) is 0 Å². The lowest BCUT2D eigenvalue weighted by molar-refractivity contribution is -0.133. The van der Waals surface area contributed by atoms with Crippen LogP contribution in [0.1, 0.15) is 31.2 Å². The fourth-order valence-corrected chi connectivity index (χ4v) is 3.49. The first-order chi connectivity index (χ1) is 14.9. The number of nitrogens with one attached hydrogen (secondary N) is 3. The zero-order valence-electron chi connectivity index (χ0n) is 17.7. The van der Waals surface area contributed by atoms with E-state index in [-0.39, 0.29) is 24.2 Å². The Kier molecular flexibility index (Phi) is 9.76. The lowest BCUT2D eigenvalue weighted by atomic mass is 9.96. The lowest BCUT2D eigenvalue weighted by Crippen LogP contribution is -2.54. The maximum Gasteiger partial charge on any atom is 0.243 e. The van der Waals surface area contributed by atoms with Gasteiger partial charge in [-0.25, -0.2) is 0 Å². The molecule has 0 unspecified atom stereocenters. The molecule has 0 spiro atoms. The summed E-state index contributed by atoms with van der Waals surface area (Å²) in [7, 11) is 0. The second-order valence-electron chi connectivity index (χ2n) is 7.69. The smallest absolute Gasteiger partial charge is 0.243 e. The quantitative estimate of drug-likeness (QED) is 0.145. The standard InChI is InChI=1S/C21H33N7O3/c22-18(29)17(13-14-5-2-1-3-6-14)28-20(31)16(7-4-10-26-21(23)24)27-19(30)15-8-11-25-12-9-15/h1-3,5-6,15-17,25H,4,7-13H2,(H2,22,29)(H,27,30)(H,28,31)(H4,23,24,26)/t16-,17-/m0/s1. The van der Waals surface area contributed by atoms with Gasteiger partial charge in [0.05, 0.1) is 0 Å². The van der Waals surface area contributed by atoms with Crippen molar-refractivity contribution in [1.29, 1.82) is 0 Å². The number of guanidine groups is 1. The largest absolute Gasteiger partial charge is 0.370 e. The summed E-state index contributed by atoms with van der Waals surface area (Å²) in [6.45, 7) is 1.86. The first kappa shape index (κ1) is 24.1. The molecule has 1 heterocycles. The molecule has 1 aromatic carbocycles. The van der Waals surface area contributed by atoms with E-state index in [0.717, 1.165) is 18.7 Å². The molecule has 2 atom stereocenters. The number of primary amides is 1. The third-order valence-electron chi connectivity index (χ3n) is 5.23. The Balaban J connectivity index is 2.03. The van der Waals surface area contributed by atoms with Gasteiger partial charge in [-0.1, -0.05) is 30.3 Å². The predicted octanol–water partition coefficient (Wildman–Crippen LogP) is -1.26. The first-order valence-electron chi connectivity index (χ1n) is 10.6. The number of benzene rings is 1. The van der Waals surface area contributed by atoms with Gasteiger partial charge in [0, 0.05) is 18.9 Å². The molecule has 0 bridgehead atoms. The zero-order chi connectivity index (χ0) is 22.6. The molecule has 1 aliphatic rings. The van der Waals surface area contributed by atoms with Gasteiger partial charge >= 0.3 is 0 Å². The Hall–Kier alpha value is -3.14. The molecule has 3 amide bonds.